The summed E-state index contributed by atoms with van der Waals surface area (Å²) in [6.07, 6.45) is -2.87. The number of halogens is 2. The highest BCUT2D eigenvalue weighted by Gasteiger charge is 2.72. The molecule has 0 radical (unpaired) electrons. The van der Waals surface area contributed by atoms with Gasteiger partial charge in [0, 0.05) is 11.8 Å². The second kappa shape index (κ2) is 5.31. The van der Waals surface area contributed by atoms with Crippen LogP contribution in [-0.2, 0) is 43.5 Å². The number of methoxy groups -OCH3 is 1. The Hall–Kier alpha value is -1.38. The molecule has 1 aliphatic heterocycles. The van der Waals surface area contributed by atoms with Crippen LogP contribution in [0, 0.1) is 17.8 Å². The minimum atomic E-state index is -6.09. The molecule has 142 valence electrons. The normalized spacial score (nSPS) is 38.6. The van der Waals surface area contributed by atoms with Crippen molar-refractivity contribution in [1.29, 1.82) is 0 Å². The van der Waals surface area contributed by atoms with E-state index in [1.54, 1.807) is 0 Å². The summed E-state index contributed by atoms with van der Waals surface area (Å²) in [5.41, 5.74) is 0. The summed E-state index contributed by atoms with van der Waals surface area (Å²) in [6.45, 7) is 0. The molecule has 1 N–H and O–H groups in total. The van der Waals surface area contributed by atoms with E-state index in [1.807, 2.05) is 0 Å². The summed E-state index contributed by atoms with van der Waals surface area (Å²) in [7, 11) is -9.30. The molecule has 14 heteroatoms. The molecule has 2 aliphatic carbocycles. The number of esters is 2. The van der Waals surface area contributed by atoms with Gasteiger partial charge in [-0.2, -0.15) is 25.6 Å². The lowest BCUT2D eigenvalue weighted by molar-refractivity contribution is -0.177. The molecule has 0 aromatic carbocycles. The molecule has 1 heterocycles. The first-order valence-electron chi connectivity index (χ1n) is 6.89. The molecule has 0 aromatic rings. The molecular formula is C11H12F2O10S2. The molecule has 0 amide bonds. The Balaban J connectivity index is 1.92. The molecule has 0 spiro atoms. The van der Waals surface area contributed by atoms with Crippen LogP contribution in [0.15, 0.2) is 0 Å². The molecule has 6 unspecified atom stereocenters. The average molecular weight is 406 g/mol. The van der Waals surface area contributed by atoms with Crippen molar-refractivity contribution in [2.24, 2.45) is 17.8 Å². The van der Waals surface area contributed by atoms with Crippen LogP contribution in [0.4, 0.5) is 8.78 Å². The lowest BCUT2D eigenvalue weighted by atomic mass is 9.84. The largest absolute Gasteiger partial charge is 0.469 e. The number of carbonyl (C=O) groups excluding carboxylic acids is 2. The third kappa shape index (κ3) is 2.45. The van der Waals surface area contributed by atoms with Gasteiger partial charge in [-0.25, -0.2) is 4.79 Å². The van der Waals surface area contributed by atoms with E-state index in [1.165, 1.54) is 0 Å². The zero-order chi connectivity index (χ0) is 18.9. The summed E-state index contributed by atoms with van der Waals surface area (Å²) in [5, 5.41) is -6.49. The lowest BCUT2D eigenvalue weighted by Gasteiger charge is -2.30. The fourth-order valence-electron chi connectivity index (χ4n) is 3.89. The van der Waals surface area contributed by atoms with Crippen LogP contribution in [0.5, 0.6) is 0 Å². The molecule has 1 saturated heterocycles. The summed E-state index contributed by atoms with van der Waals surface area (Å²) < 4.78 is 94.3. The molecule has 3 fully saturated rings. The highest BCUT2D eigenvalue weighted by Crippen LogP contribution is 2.58. The topological polar surface area (TPSA) is 150 Å². The second-order valence-corrected chi connectivity index (χ2v) is 9.18. The van der Waals surface area contributed by atoms with E-state index in [0.717, 1.165) is 7.11 Å². The van der Waals surface area contributed by atoms with Crippen molar-refractivity contribution in [2.45, 2.75) is 29.1 Å². The average Bonchev–Trinajstić information content (AvgIpc) is 3.07. The van der Waals surface area contributed by atoms with Crippen LogP contribution in [0.2, 0.25) is 0 Å². The first-order valence-corrected chi connectivity index (χ1v) is 9.80. The predicted molar refractivity (Wildman–Crippen MR) is 71.1 cm³/mol. The Morgan fingerprint density at radius 2 is 1.88 bits per heavy atom. The third-order valence-corrected chi connectivity index (χ3v) is 7.42. The number of alkyl halides is 2. The first-order chi connectivity index (χ1) is 11.3. The molecular weight excluding hydrogens is 394 g/mol. The fraction of sp³-hybridized carbons (Fsp3) is 0.818. The van der Waals surface area contributed by atoms with Gasteiger partial charge in [0.05, 0.1) is 13.0 Å². The van der Waals surface area contributed by atoms with Crippen LogP contribution < -0.4 is 0 Å². The number of ether oxygens (including phenoxy) is 2. The second-order valence-electron chi connectivity index (χ2n) is 5.99. The van der Waals surface area contributed by atoms with Gasteiger partial charge in [0.1, 0.15) is 17.5 Å². The molecule has 2 saturated carbocycles. The molecule has 25 heavy (non-hydrogen) atoms. The first kappa shape index (κ1) is 18.4. The van der Waals surface area contributed by atoms with Gasteiger partial charge in [-0.05, 0) is 6.42 Å². The number of hydrogen-bond acceptors (Lipinski definition) is 9. The summed E-state index contributed by atoms with van der Waals surface area (Å²) >= 11 is 0. The zero-order valence-electron chi connectivity index (χ0n) is 12.4. The van der Waals surface area contributed by atoms with Gasteiger partial charge < -0.3 is 9.47 Å². The Morgan fingerprint density at radius 3 is 2.40 bits per heavy atom. The van der Waals surface area contributed by atoms with Gasteiger partial charge in [0.2, 0.25) is 0 Å². The van der Waals surface area contributed by atoms with E-state index in [2.05, 4.69) is 9.47 Å². The Labute approximate surface area is 140 Å². The van der Waals surface area contributed by atoms with Crippen LogP contribution in [0.25, 0.3) is 0 Å². The predicted octanol–water partition coefficient (Wildman–Crippen LogP) is -1.09. The van der Waals surface area contributed by atoms with E-state index in [9.17, 15) is 35.2 Å². The molecule has 6 atom stereocenters. The molecule has 3 aliphatic rings. The number of hydrogen-bond donors (Lipinski definition) is 1. The minimum Gasteiger partial charge on any atom is -0.469 e. The van der Waals surface area contributed by atoms with Crippen LogP contribution >= 0.6 is 0 Å². The van der Waals surface area contributed by atoms with Crippen molar-refractivity contribution >= 4 is 32.2 Å². The van der Waals surface area contributed by atoms with Crippen LogP contribution in [0.1, 0.15) is 6.42 Å². The van der Waals surface area contributed by atoms with Crippen molar-refractivity contribution in [3.63, 3.8) is 0 Å². The van der Waals surface area contributed by atoms with E-state index < -0.39 is 72.6 Å². The lowest BCUT2D eigenvalue weighted by Crippen LogP contribution is -2.49. The Morgan fingerprint density at radius 1 is 1.28 bits per heavy atom. The van der Waals surface area contributed by atoms with Gasteiger partial charge in [-0.15, -0.1) is 0 Å². The quantitative estimate of drug-likeness (QED) is 0.347. The van der Waals surface area contributed by atoms with Crippen molar-refractivity contribution in [3.8, 4) is 0 Å². The summed E-state index contributed by atoms with van der Waals surface area (Å²) in [6, 6.07) is 0. The SMILES string of the molecule is COC(=O)C1C2CC3C(OS(=O)(=O)C31)C2OC(=O)C(F)(F)S(=O)(=O)O. The highest BCUT2D eigenvalue weighted by molar-refractivity contribution is 7.88. The van der Waals surface area contributed by atoms with Crippen LogP contribution in [0.3, 0.4) is 0 Å². The Kier molecular flexibility index (Phi) is 3.91. The summed E-state index contributed by atoms with van der Waals surface area (Å²) in [4.78, 5) is 23.4. The van der Waals surface area contributed by atoms with Crippen molar-refractivity contribution in [2.75, 3.05) is 7.11 Å². The van der Waals surface area contributed by atoms with Crippen molar-refractivity contribution < 1.29 is 53.4 Å². The Bertz CT molecular complexity index is 835. The van der Waals surface area contributed by atoms with E-state index in [-0.39, 0.29) is 6.42 Å². The van der Waals surface area contributed by atoms with E-state index in [0.29, 0.717) is 0 Å². The van der Waals surface area contributed by atoms with Crippen molar-refractivity contribution in [3.05, 3.63) is 0 Å². The van der Waals surface area contributed by atoms with Gasteiger partial charge in [-0.1, -0.05) is 0 Å². The molecule has 2 bridgehead atoms. The van der Waals surface area contributed by atoms with E-state index >= 15 is 0 Å². The van der Waals surface area contributed by atoms with Gasteiger partial charge in [-0.3, -0.25) is 13.5 Å². The molecule has 10 nitrogen and oxygen atoms in total. The number of carbonyl (C=O) groups is 2. The minimum absolute atomic E-state index is 0.0315. The molecule has 0 aromatic heterocycles. The summed E-state index contributed by atoms with van der Waals surface area (Å²) in [5.74, 6) is -6.59. The molecule has 3 rings (SSSR count). The number of rotatable bonds is 4. The van der Waals surface area contributed by atoms with Gasteiger partial charge in [0.15, 0.2) is 0 Å². The maximum absolute atomic E-state index is 13.4. The van der Waals surface area contributed by atoms with E-state index in [4.69, 9.17) is 8.74 Å². The van der Waals surface area contributed by atoms with Gasteiger partial charge in [0.25, 0.3) is 10.1 Å². The highest BCUT2D eigenvalue weighted by atomic mass is 32.2. The zero-order valence-corrected chi connectivity index (χ0v) is 14.0. The monoisotopic (exact) mass is 406 g/mol. The third-order valence-electron chi connectivity index (χ3n) is 4.81. The number of fused-ring (bicyclic) bond motifs is 1. The fourth-order valence-corrected chi connectivity index (χ4v) is 6.20. The standard InChI is InChI=1S/C11H12F2O10S2/c1-21-9(14)5-3-2-4-7(23-24(16,17)8(4)5)6(3)22-10(15)11(12,13)25(18,19)20/h3-8H,2H2,1H3,(H,18,19,20). The maximum atomic E-state index is 13.4. The maximum Gasteiger partial charge on any atom is 0.465 e. The van der Waals surface area contributed by atoms with Crippen molar-refractivity contribution in [1.82, 2.24) is 0 Å². The van der Waals surface area contributed by atoms with Gasteiger partial charge >= 0.3 is 27.3 Å². The van der Waals surface area contributed by atoms with Crippen LogP contribution in [-0.4, -0.2) is 63.1 Å². The smallest absolute Gasteiger partial charge is 0.465 e.